The maximum absolute atomic E-state index is 11.4. The van der Waals surface area contributed by atoms with E-state index in [1.807, 2.05) is 38.1 Å². The number of alkyl halides is 1. The standard InChI is InChI=1S/C13H15ClO2/c1-8-3-5-10(6-4-8)11-7-12(15)16-9(2)13(11)14/h3-6,9,11,13H,7H2,1-2H3/t9-,11+,13?/m1/s1. The highest BCUT2D eigenvalue weighted by Gasteiger charge is 2.35. The summed E-state index contributed by atoms with van der Waals surface area (Å²) in [6.07, 6.45) is 0.163. The Hall–Kier alpha value is -1.02. The largest absolute Gasteiger partial charge is 0.461 e. The van der Waals surface area contributed by atoms with Crippen molar-refractivity contribution in [3.8, 4) is 0 Å². The quantitative estimate of drug-likeness (QED) is 0.555. The minimum atomic E-state index is -0.214. The van der Waals surface area contributed by atoms with Gasteiger partial charge in [0.05, 0.1) is 11.8 Å². The molecule has 2 rings (SSSR count). The van der Waals surface area contributed by atoms with E-state index in [1.54, 1.807) is 0 Å². The summed E-state index contributed by atoms with van der Waals surface area (Å²) in [5.74, 6) is -0.0894. The van der Waals surface area contributed by atoms with Crippen molar-refractivity contribution in [2.45, 2.75) is 37.7 Å². The average molecular weight is 239 g/mol. The van der Waals surface area contributed by atoms with E-state index < -0.39 is 0 Å². The number of halogens is 1. The van der Waals surface area contributed by atoms with Gasteiger partial charge in [-0.3, -0.25) is 4.79 Å². The van der Waals surface area contributed by atoms with Gasteiger partial charge < -0.3 is 4.74 Å². The van der Waals surface area contributed by atoms with E-state index in [-0.39, 0.29) is 23.4 Å². The van der Waals surface area contributed by atoms with Gasteiger partial charge in [-0.2, -0.15) is 0 Å². The van der Waals surface area contributed by atoms with Gasteiger partial charge in [0.15, 0.2) is 0 Å². The van der Waals surface area contributed by atoms with Gasteiger partial charge in [-0.05, 0) is 19.4 Å². The van der Waals surface area contributed by atoms with Gasteiger partial charge >= 0.3 is 5.97 Å². The van der Waals surface area contributed by atoms with Gasteiger partial charge in [-0.1, -0.05) is 29.8 Å². The summed E-state index contributed by atoms with van der Waals surface area (Å²) >= 11 is 6.30. The number of benzene rings is 1. The Balaban J connectivity index is 2.25. The Morgan fingerprint density at radius 1 is 1.31 bits per heavy atom. The average Bonchev–Trinajstić information content (AvgIpc) is 2.25. The molecule has 3 heteroatoms. The minimum absolute atomic E-state index is 0.0681. The van der Waals surface area contributed by atoms with E-state index >= 15 is 0 Å². The number of esters is 1. The normalized spacial score (nSPS) is 29.9. The Labute approximate surface area is 101 Å². The predicted molar refractivity (Wildman–Crippen MR) is 63.7 cm³/mol. The molecule has 1 saturated heterocycles. The predicted octanol–water partition coefficient (Wildman–Crippen LogP) is 3.02. The Kier molecular flexibility index (Phi) is 3.20. The molecule has 1 fully saturated rings. The first-order valence-corrected chi connectivity index (χ1v) is 5.91. The third kappa shape index (κ3) is 2.22. The first-order valence-electron chi connectivity index (χ1n) is 5.48. The summed E-state index contributed by atoms with van der Waals surface area (Å²) in [7, 11) is 0. The van der Waals surface area contributed by atoms with Crippen molar-refractivity contribution in [1.29, 1.82) is 0 Å². The summed E-state index contributed by atoms with van der Waals surface area (Å²) in [6.45, 7) is 3.88. The number of hydrogen-bond donors (Lipinski definition) is 0. The van der Waals surface area contributed by atoms with Crippen LogP contribution < -0.4 is 0 Å². The van der Waals surface area contributed by atoms with Gasteiger partial charge in [0, 0.05) is 5.92 Å². The molecule has 0 amide bonds. The zero-order valence-corrected chi connectivity index (χ0v) is 10.2. The fourth-order valence-corrected chi connectivity index (χ4v) is 2.34. The molecule has 3 atom stereocenters. The van der Waals surface area contributed by atoms with E-state index in [0.29, 0.717) is 6.42 Å². The number of rotatable bonds is 1. The van der Waals surface area contributed by atoms with Gasteiger partial charge in [0.1, 0.15) is 6.10 Å². The molecule has 1 aliphatic rings. The SMILES string of the molecule is Cc1ccc([C@@H]2CC(=O)O[C@H](C)C2Cl)cc1. The lowest BCUT2D eigenvalue weighted by molar-refractivity contribution is -0.153. The van der Waals surface area contributed by atoms with Crippen molar-refractivity contribution in [3.05, 3.63) is 35.4 Å². The zero-order valence-electron chi connectivity index (χ0n) is 9.44. The third-order valence-electron chi connectivity index (χ3n) is 3.04. The second-order valence-electron chi connectivity index (χ2n) is 4.36. The van der Waals surface area contributed by atoms with Gasteiger partial charge in [-0.15, -0.1) is 11.6 Å². The van der Waals surface area contributed by atoms with E-state index in [2.05, 4.69) is 0 Å². The number of carbonyl (C=O) groups is 1. The molecule has 1 aliphatic heterocycles. The first-order chi connectivity index (χ1) is 7.58. The number of ether oxygens (including phenoxy) is 1. The Bertz CT molecular complexity index is 385. The molecule has 0 radical (unpaired) electrons. The highest BCUT2D eigenvalue weighted by atomic mass is 35.5. The fraction of sp³-hybridized carbons (Fsp3) is 0.462. The molecule has 0 bridgehead atoms. The van der Waals surface area contributed by atoms with Gasteiger partial charge in [-0.25, -0.2) is 0 Å². The summed E-state index contributed by atoms with van der Waals surface area (Å²) in [5, 5.41) is -0.139. The van der Waals surface area contributed by atoms with Crippen LogP contribution in [0.1, 0.15) is 30.4 Å². The molecular formula is C13H15ClO2. The van der Waals surface area contributed by atoms with Crippen LogP contribution in [0.4, 0.5) is 0 Å². The number of hydrogen-bond acceptors (Lipinski definition) is 2. The van der Waals surface area contributed by atoms with Crippen LogP contribution in [0, 0.1) is 6.92 Å². The van der Waals surface area contributed by atoms with Crippen LogP contribution in [0.25, 0.3) is 0 Å². The van der Waals surface area contributed by atoms with Crippen LogP contribution >= 0.6 is 11.6 Å². The van der Waals surface area contributed by atoms with E-state index in [4.69, 9.17) is 16.3 Å². The van der Waals surface area contributed by atoms with Crippen molar-refractivity contribution in [2.24, 2.45) is 0 Å². The Morgan fingerprint density at radius 3 is 2.56 bits per heavy atom. The highest BCUT2D eigenvalue weighted by Crippen LogP contribution is 2.34. The molecule has 0 aromatic heterocycles. The van der Waals surface area contributed by atoms with Crippen molar-refractivity contribution >= 4 is 17.6 Å². The summed E-state index contributed by atoms with van der Waals surface area (Å²) < 4.78 is 5.10. The highest BCUT2D eigenvalue weighted by molar-refractivity contribution is 6.22. The zero-order chi connectivity index (χ0) is 11.7. The van der Waals surface area contributed by atoms with E-state index in [0.717, 1.165) is 5.56 Å². The van der Waals surface area contributed by atoms with Crippen LogP contribution in [0.2, 0.25) is 0 Å². The van der Waals surface area contributed by atoms with Crippen LogP contribution in [0.5, 0.6) is 0 Å². The van der Waals surface area contributed by atoms with Crippen LogP contribution in [0.3, 0.4) is 0 Å². The lowest BCUT2D eigenvalue weighted by atomic mass is 9.88. The molecule has 0 N–H and O–H groups in total. The summed E-state index contributed by atoms with van der Waals surface area (Å²) in [6, 6.07) is 8.18. The number of carbonyl (C=O) groups excluding carboxylic acids is 1. The van der Waals surface area contributed by atoms with Gasteiger partial charge in [0.2, 0.25) is 0 Å². The van der Waals surface area contributed by atoms with Crippen molar-refractivity contribution in [1.82, 2.24) is 0 Å². The molecule has 1 aromatic rings. The van der Waals surface area contributed by atoms with E-state index in [9.17, 15) is 4.79 Å². The fourth-order valence-electron chi connectivity index (χ4n) is 2.06. The van der Waals surface area contributed by atoms with Crippen LogP contribution in [-0.4, -0.2) is 17.5 Å². The topological polar surface area (TPSA) is 26.3 Å². The molecule has 0 spiro atoms. The van der Waals surface area contributed by atoms with Crippen molar-refractivity contribution in [2.75, 3.05) is 0 Å². The van der Waals surface area contributed by atoms with E-state index in [1.165, 1.54) is 5.56 Å². The van der Waals surface area contributed by atoms with Gasteiger partial charge in [0.25, 0.3) is 0 Å². The number of cyclic esters (lactones) is 1. The molecule has 2 nitrogen and oxygen atoms in total. The van der Waals surface area contributed by atoms with Crippen LogP contribution in [-0.2, 0) is 9.53 Å². The Morgan fingerprint density at radius 2 is 1.94 bits per heavy atom. The van der Waals surface area contributed by atoms with Crippen LogP contribution in [0.15, 0.2) is 24.3 Å². The maximum Gasteiger partial charge on any atom is 0.306 e. The minimum Gasteiger partial charge on any atom is -0.461 e. The summed E-state index contributed by atoms with van der Waals surface area (Å²) in [5.41, 5.74) is 2.33. The van der Waals surface area contributed by atoms with Crippen molar-refractivity contribution < 1.29 is 9.53 Å². The number of aryl methyl sites for hydroxylation is 1. The first kappa shape index (κ1) is 11.5. The maximum atomic E-state index is 11.4. The molecule has 1 aromatic carbocycles. The smallest absolute Gasteiger partial charge is 0.306 e. The second-order valence-corrected chi connectivity index (χ2v) is 4.86. The molecule has 86 valence electrons. The lowest BCUT2D eigenvalue weighted by Crippen LogP contribution is -2.36. The molecular weight excluding hydrogens is 224 g/mol. The second kappa shape index (κ2) is 4.46. The molecule has 1 unspecified atom stereocenters. The summed E-state index contributed by atoms with van der Waals surface area (Å²) in [4.78, 5) is 11.4. The molecule has 1 heterocycles. The van der Waals surface area contributed by atoms with Crippen molar-refractivity contribution in [3.63, 3.8) is 0 Å². The monoisotopic (exact) mass is 238 g/mol. The molecule has 0 saturated carbocycles. The molecule has 0 aliphatic carbocycles. The molecule has 16 heavy (non-hydrogen) atoms. The third-order valence-corrected chi connectivity index (χ3v) is 3.70. The lowest BCUT2D eigenvalue weighted by Gasteiger charge is -2.32.